The molecule has 4 aliphatic carbocycles. The van der Waals surface area contributed by atoms with Gasteiger partial charge >= 0.3 is 6.09 Å². The van der Waals surface area contributed by atoms with Crippen LogP contribution in [0.15, 0.2) is 49.1 Å². The van der Waals surface area contributed by atoms with Crippen molar-refractivity contribution in [3.05, 3.63) is 54.6 Å². The lowest BCUT2D eigenvalue weighted by Gasteiger charge is -2.31. The van der Waals surface area contributed by atoms with Crippen molar-refractivity contribution in [3.63, 3.8) is 0 Å². The van der Waals surface area contributed by atoms with Crippen molar-refractivity contribution in [2.75, 3.05) is 26.7 Å². The summed E-state index contributed by atoms with van der Waals surface area (Å²) in [5, 5.41) is 6.38. The molecule has 4 heterocycles. The van der Waals surface area contributed by atoms with E-state index < -0.39 is 68.2 Å². The van der Waals surface area contributed by atoms with Crippen LogP contribution in [-0.2, 0) is 35.6 Å². The maximum absolute atomic E-state index is 14.5. The zero-order valence-electron chi connectivity index (χ0n) is 34.7. The van der Waals surface area contributed by atoms with Crippen LogP contribution in [0.5, 0.6) is 11.6 Å². The van der Waals surface area contributed by atoms with Crippen LogP contribution in [0.2, 0.25) is 0 Å². The molecular formula is C44H56N6O9S. The summed E-state index contributed by atoms with van der Waals surface area (Å²) in [6.07, 6.45) is 7.68. The second-order valence-corrected chi connectivity index (χ2v) is 20.8. The van der Waals surface area contributed by atoms with Crippen molar-refractivity contribution in [1.29, 1.82) is 0 Å². The van der Waals surface area contributed by atoms with E-state index in [1.807, 2.05) is 24.3 Å². The van der Waals surface area contributed by atoms with Crippen molar-refractivity contribution in [3.8, 4) is 11.6 Å². The number of hydrogen-bond donors (Lipinski definition) is 3. The number of carbonyl (C=O) groups excluding carboxylic acids is 4. The molecule has 9 rings (SSSR count). The minimum atomic E-state index is -4.06. The number of aromatic nitrogens is 1. The predicted molar refractivity (Wildman–Crippen MR) is 221 cm³/mol. The van der Waals surface area contributed by atoms with Crippen LogP contribution in [0, 0.1) is 17.3 Å². The van der Waals surface area contributed by atoms with Crippen molar-refractivity contribution in [2.45, 2.75) is 125 Å². The first kappa shape index (κ1) is 40.7. The summed E-state index contributed by atoms with van der Waals surface area (Å²) in [4.78, 5) is 64.5. The third kappa shape index (κ3) is 7.10. The number of alkyl carbamates (subject to hydrolysis) is 1. The lowest BCUT2D eigenvalue weighted by molar-refractivity contribution is -0.140. The lowest BCUT2D eigenvalue weighted by Crippen LogP contribution is -2.58. The van der Waals surface area contributed by atoms with Crippen molar-refractivity contribution < 1.29 is 41.8 Å². The van der Waals surface area contributed by atoms with Gasteiger partial charge in [0.15, 0.2) is 5.54 Å². The molecule has 2 aromatic rings. The number of fused-ring (bicyclic) bond motifs is 4. The van der Waals surface area contributed by atoms with Crippen LogP contribution >= 0.6 is 0 Å². The average Bonchev–Trinajstić information content (AvgIpc) is 4.18. The summed E-state index contributed by atoms with van der Waals surface area (Å²) < 4.78 is 47.0. The zero-order chi connectivity index (χ0) is 42.4. The highest BCUT2D eigenvalue weighted by Crippen LogP contribution is 2.73. The molecule has 7 aliphatic rings. The van der Waals surface area contributed by atoms with Gasteiger partial charge in [0.1, 0.15) is 36.1 Å². The molecule has 60 heavy (non-hydrogen) atoms. The van der Waals surface area contributed by atoms with E-state index in [2.05, 4.69) is 40.5 Å². The van der Waals surface area contributed by atoms with Gasteiger partial charge in [0.25, 0.3) is 5.91 Å². The van der Waals surface area contributed by atoms with Crippen LogP contribution in [0.25, 0.3) is 10.9 Å². The SMILES string of the molecule is C=C[C@@H]1C(=C)[C@]1(NC(=O)[C@@H]1C[C@@H]2CN1C(=O)[C@H](C)NC(=O)O[C@@H]1CC13C[C@H]3CCCCc1c(nc3ccccc3c1OC1CCN(C)CC1)O2)C(=O)NS(=O)(=O)C1(C)CC1. The number of amides is 4. The molecule has 1 unspecified atom stereocenters. The van der Waals surface area contributed by atoms with Crippen LogP contribution in [0.1, 0.15) is 83.6 Å². The third-order valence-corrected chi connectivity index (χ3v) is 16.7. The number of nitrogens with zero attached hydrogens (tertiary/aromatic N) is 3. The molecule has 1 aromatic carbocycles. The number of rotatable bonds is 8. The highest BCUT2D eigenvalue weighted by Gasteiger charge is 2.72. The molecule has 3 N–H and O–H groups in total. The Balaban J connectivity index is 1.05. The van der Waals surface area contributed by atoms with Gasteiger partial charge in [0.2, 0.25) is 27.7 Å². The highest BCUT2D eigenvalue weighted by atomic mass is 32.2. The predicted octanol–water partition coefficient (Wildman–Crippen LogP) is 3.90. The van der Waals surface area contributed by atoms with Crippen LogP contribution in [-0.4, -0.2) is 114 Å². The van der Waals surface area contributed by atoms with Gasteiger partial charge in [-0.1, -0.05) is 31.2 Å². The minimum absolute atomic E-state index is 0.00912. The van der Waals surface area contributed by atoms with Crippen molar-refractivity contribution >= 4 is 44.7 Å². The first-order valence-electron chi connectivity index (χ1n) is 21.5. The number of sulfonamides is 1. The molecular weight excluding hydrogens is 789 g/mol. The first-order valence-corrected chi connectivity index (χ1v) is 23.0. The molecule has 4 saturated carbocycles. The fraction of sp³-hybridized carbons (Fsp3) is 0.614. The standard InChI is InChI=1S/C44H56N6O9S/c1-6-32-25(2)44(32,40(53)48-60(55,56)42(4)17-18-42)47-37(51)34-21-29-24-50(34)39(52)26(3)45-41(54)59-35-23-43(35)22-27(43)11-7-8-13-31-36(57-28-15-19-49(5)20-16-28)30-12-9-10-14-33(30)46-38(31)58-29/h6,9-10,12,14,26-29,32,34-35H,1-2,7-8,11,13,15-24H2,3-5H3,(H,45,54)(H,47,51)(H,48,53)/t26-,27+,29+,32+,34-,35+,43?,44+/m0/s1. The van der Waals surface area contributed by atoms with Gasteiger partial charge in [-0.25, -0.2) is 18.2 Å². The Kier molecular flexibility index (Phi) is 10.00. The van der Waals surface area contributed by atoms with Gasteiger partial charge in [-0.15, -0.1) is 6.58 Å². The number of carbonyl (C=O) groups is 4. The molecule has 16 heteroatoms. The summed E-state index contributed by atoms with van der Waals surface area (Å²) in [7, 11) is -1.94. The second-order valence-electron chi connectivity index (χ2n) is 18.6. The number of ether oxygens (including phenoxy) is 3. The summed E-state index contributed by atoms with van der Waals surface area (Å²) in [5.41, 5.74) is 0.0391. The largest absolute Gasteiger partial charge is 0.489 e. The summed E-state index contributed by atoms with van der Waals surface area (Å²) in [6.45, 7) is 12.7. The molecule has 2 bridgehead atoms. The van der Waals surface area contributed by atoms with Crippen LogP contribution in [0.4, 0.5) is 4.79 Å². The Hall–Kier alpha value is -4.70. The molecule has 4 amide bonds. The van der Waals surface area contributed by atoms with E-state index in [1.165, 1.54) is 17.9 Å². The number of likely N-dealkylation sites (tertiary alicyclic amines) is 1. The Labute approximate surface area is 351 Å². The topological polar surface area (TPSA) is 186 Å². The van der Waals surface area contributed by atoms with E-state index in [1.54, 1.807) is 6.92 Å². The monoisotopic (exact) mass is 844 g/mol. The van der Waals surface area contributed by atoms with Gasteiger partial charge < -0.3 is 34.6 Å². The third-order valence-electron chi connectivity index (χ3n) is 14.5. The van der Waals surface area contributed by atoms with Crippen molar-refractivity contribution in [1.82, 2.24) is 30.1 Å². The van der Waals surface area contributed by atoms with E-state index in [9.17, 15) is 27.6 Å². The minimum Gasteiger partial charge on any atom is -0.489 e. The average molecular weight is 845 g/mol. The number of hydrogen-bond acceptors (Lipinski definition) is 11. The molecule has 0 radical (unpaired) electrons. The normalized spacial score (nSPS) is 33.9. The second kappa shape index (κ2) is 14.7. The molecule has 1 spiro atoms. The molecule has 6 fully saturated rings. The van der Waals surface area contributed by atoms with Gasteiger partial charge in [-0.2, -0.15) is 0 Å². The van der Waals surface area contributed by atoms with E-state index in [0.29, 0.717) is 36.6 Å². The van der Waals surface area contributed by atoms with Gasteiger partial charge in [0, 0.05) is 36.2 Å². The number of piperidine rings is 1. The number of benzene rings is 1. The lowest BCUT2D eigenvalue weighted by atomic mass is 10.0. The molecule has 1 aromatic heterocycles. The zero-order valence-corrected chi connectivity index (χ0v) is 35.5. The first-order chi connectivity index (χ1) is 28.6. The van der Waals surface area contributed by atoms with Crippen LogP contribution < -0.4 is 24.8 Å². The number of pyridine rings is 1. The Morgan fingerprint density at radius 3 is 2.55 bits per heavy atom. The van der Waals surface area contributed by atoms with Crippen LogP contribution in [0.3, 0.4) is 0 Å². The molecule has 2 saturated heterocycles. The van der Waals surface area contributed by atoms with E-state index in [4.69, 9.17) is 19.2 Å². The fourth-order valence-electron chi connectivity index (χ4n) is 9.96. The summed E-state index contributed by atoms with van der Waals surface area (Å²) >= 11 is 0. The summed E-state index contributed by atoms with van der Waals surface area (Å²) in [5.74, 6) is -1.33. The number of para-hydroxylation sites is 1. The van der Waals surface area contributed by atoms with Gasteiger partial charge in [-0.05, 0) is 102 Å². The maximum Gasteiger partial charge on any atom is 0.408 e. The molecule has 15 nitrogen and oxygen atoms in total. The molecule has 322 valence electrons. The summed E-state index contributed by atoms with van der Waals surface area (Å²) in [6, 6.07) is 5.59. The quantitative estimate of drug-likeness (QED) is 0.328. The smallest absolute Gasteiger partial charge is 0.408 e. The van der Waals surface area contributed by atoms with E-state index in [0.717, 1.165) is 74.7 Å². The molecule has 8 atom stereocenters. The van der Waals surface area contributed by atoms with Crippen molar-refractivity contribution in [2.24, 2.45) is 17.3 Å². The molecule has 3 aliphatic heterocycles. The van der Waals surface area contributed by atoms with E-state index >= 15 is 0 Å². The highest BCUT2D eigenvalue weighted by molar-refractivity contribution is 7.91. The maximum atomic E-state index is 14.5. The van der Waals surface area contributed by atoms with E-state index in [-0.39, 0.29) is 36.2 Å². The van der Waals surface area contributed by atoms with Gasteiger partial charge in [-0.3, -0.25) is 19.1 Å². The number of nitrogens with one attached hydrogen (secondary N) is 3. The fourth-order valence-corrected chi connectivity index (χ4v) is 11.3. The Bertz CT molecular complexity index is 2270. The Morgan fingerprint density at radius 1 is 1.08 bits per heavy atom. The Morgan fingerprint density at radius 2 is 1.83 bits per heavy atom. The van der Waals surface area contributed by atoms with Gasteiger partial charge in [0.05, 0.1) is 22.4 Å².